The standard InChI is InChI=1S/C64H62BN3.C40H44BClN2.C24H19N.CH4/c1-61(2,3)47-27-19-30-51(39-47)67-56-40-48(62(4,5)6)33-34-54(56)65-55-32-20-31-53-60(55)68(64(8)36-16-15-35-63(53,64)7)58-42-52(41-57(67)59(58)65)66(49-28-17-25-45(37-49)43-21-11-9-12-22-43)50-29-18-26-46(38-50)44-23-13-10-14-24-44;1-37(2,3)25-13-11-14-28(21-25)43-32-22-26(38(4,5)6)17-18-30(32)41-31-16-12-15-29-36(31)44(34-24-27(42)23-33(43)35(34)41)40(8)20-10-9-19-39(29,40)7;1-3-9-19(10-4-1)21-13-7-15-23(17-21)25-24-16-8-14-22(18-24)20-11-5-2-6-12-20;/h9-14,17-34,37-42H,15-16,35-36H2,1-8H3;11-18,21-24H,9-10,19-20H2,1-8H3;1-18,25H;1H4. The maximum atomic E-state index is 7.19. The van der Waals surface area contributed by atoms with Gasteiger partial charge in [0.2, 0.25) is 0 Å². The van der Waals surface area contributed by atoms with Gasteiger partial charge >= 0.3 is 0 Å². The number of nitrogens with one attached hydrogen (secondary N) is 1. The Labute approximate surface area is 827 Å². The Morgan fingerprint density at radius 3 is 1.01 bits per heavy atom. The normalized spacial score (nSPS) is 18.6. The lowest BCUT2D eigenvalue weighted by Gasteiger charge is -2.53. The van der Waals surface area contributed by atoms with Gasteiger partial charge in [-0.05, 0) is 281 Å². The van der Waals surface area contributed by atoms with E-state index in [9.17, 15) is 0 Å². The molecule has 8 aliphatic rings. The molecule has 688 valence electrons. The first-order valence-corrected chi connectivity index (χ1v) is 50.4. The zero-order valence-corrected chi connectivity index (χ0v) is 83.3. The molecule has 6 heterocycles. The molecule has 0 saturated heterocycles. The maximum absolute atomic E-state index is 7.19. The molecule has 16 aromatic carbocycles. The summed E-state index contributed by atoms with van der Waals surface area (Å²) < 4.78 is 0. The van der Waals surface area contributed by atoms with E-state index in [0.29, 0.717) is 0 Å². The third kappa shape index (κ3) is 15.3. The highest BCUT2D eigenvalue weighted by atomic mass is 35.5. The van der Waals surface area contributed by atoms with Gasteiger partial charge in [-0.25, -0.2) is 0 Å². The van der Waals surface area contributed by atoms with E-state index < -0.39 is 0 Å². The lowest BCUT2D eigenvalue weighted by atomic mass is 9.33. The molecule has 4 unspecified atom stereocenters. The SMILES string of the molecule is C.CC(C)(C)c1cccc(N2c3cc(C(C)(C)C)ccc3B3c4cccc5c4N(c4cc(Cl)cc2c43)C2(C)CCCCC52C)c1.CC(C)(C)c1cccc(N2c3cc(C(C)(C)C)ccc3B3c4cccc5c4N(c4cc(N(c6cccc(-c7ccccc7)c6)c6cccc(-c7ccccc7)c6)cc2c43)C2(C)CCCCC52C)c1.c1ccc(-c2cccc(Nc3cccc(-c4ccccc4)c3)c2)cc1. The lowest BCUT2D eigenvalue weighted by molar-refractivity contribution is 0.195. The van der Waals surface area contributed by atoms with Crippen LogP contribution in [0.2, 0.25) is 5.02 Å². The molecule has 24 rings (SSSR count). The summed E-state index contributed by atoms with van der Waals surface area (Å²) in [5, 5.41) is 4.33. The van der Waals surface area contributed by atoms with E-state index in [1.165, 1.54) is 212 Å². The second-order valence-corrected chi connectivity index (χ2v) is 45.3. The summed E-state index contributed by atoms with van der Waals surface area (Å²) in [5.74, 6) is 0. The highest BCUT2D eigenvalue weighted by Crippen LogP contribution is 2.65. The number of hydrogen-bond acceptors (Lipinski definition) is 6. The first-order valence-electron chi connectivity index (χ1n) is 50.0. The van der Waals surface area contributed by atoms with Gasteiger partial charge in [0, 0.05) is 95.5 Å². The van der Waals surface area contributed by atoms with Crippen LogP contribution in [0, 0.1) is 0 Å². The number of hydrogen-bond donors (Lipinski definition) is 1. The topological polar surface area (TPSA) is 28.2 Å². The molecular formula is C129H129B2ClN6. The van der Waals surface area contributed by atoms with Crippen molar-refractivity contribution in [3.05, 3.63) is 402 Å². The van der Waals surface area contributed by atoms with Crippen molar-refractivity contribution in [3.63, 3.8) is 0 Å². The predicted molar refractivity (Wildman–Crippen MR) is 596 cm³/mol. The molecule has 6 aliphatic heterocycles. The van der Waals surface area contributed by atoms with Crippen LogP contribution in [0.4, 0.5) is 85.3 Å². The molecule has 2 aliphatic carbocycles. The van der Waals surface area contributed by atoms with Crippen molar-refractivity contribution in [2.24, 2.45) is 0 Å². The predicted octanol–water partition coefficient (Wildman–Crippen LogP) is 32.1. The highest BCUT2D eigenvalue weighted by Gasteiger charge is 2.64. The molecule has 0 amide bonds. The molecule has 6 nitrogen and oxygen atoms in total. The van der Waals surface area contributed by atoms with Crippen molar-refractivity contribution in [1.82, 2.24) is 0 Å². The van der Waals surface area contributed by atoms with Crippen LogP contribution in [0.3, 0.4) is 0 Å². The third-order valence-corrected chi connectivity index (χ3v) is 32.7. The van der Waals surface area contributed by atoms with Crippen molar-refractivity contribution in [3.8, 4) is 44.5 Å². The minimum absolute atomic E-state index is 0. The van der Waals surface area contributed by atoms with Crippen LogP contribution in [0.15, 0.2) is 364 Å². The summed E-state index contributed by atoms with van der Waals surface area (Å²) in [7, 11) is 0. The Balaban J connectivity index is 0.000000138. The Kier molecular flexibility index (Phi) is 22.7. The van der Waals surface area contributed by atoms with Gasteiger partial charge < -0.3 is 29.8 Å². The van der Waals surface area contributed by atoms with Crippen LogP contribution in [0.1, 0.15) is 203 Å². The highest BCUT2D eigenvalue weighted by molar-refractivity contribution is 7.01. The van der Waals surface area contributed by atoms with E-state index in [4.69, 9.17) is 11.6 Å². The van der Waals surface area contributed by atoms with Gasteiger partial charge in [0.25, 0.3) is 13.4 Å². The van der Waals surface area contributed by atoms with E-state index in [1.54, 1.807) is 0 Å². The molecule has 2 fully saturated rings. The fraction of sp³-hybridized carbons (Fsp3) is 0.256. The summed E-state index contributed by atoms with van der Waals surface area (Å²) in [4.78, 5) is 13.3. The van der Waals surface area contributed by atoms with E-state index in [-0.39, 0.29) is 64.4 Å². The molecule has 16 aromatic rings. The van der Waals surface area contributed by atoms with Crippen molar-refractivity contribution in [2.45, 2.75) is 213 Å². The average molecular weight is 1820 g/mol. The summed E-state index contributed by atoms with van der Waals surface area (Å²) >= 11 is 7.19. The lowest BCUT2D eigenvalue weighted by Crippen LogP contribution is -2.64. The molecule has 0 radical (unpaired) electrons. The molecule has 138 heavy (non-hydrogen) atoms. The van der Waals surface area contributed by atoms with E-state index in [1.807, 2.05) is 12.1 Å². The monoisotopic (exact) mass is 1820 g/mol. The van der Waals surface area contributed by atoms with Gasteiger partial charge in [0.15, 0.2) is 0 Å². The number of fused-ring (bicyclic) bond motifs is 14. The Hall–Kier alpha value is -13.3. The number of para-hydroxylation sites is 2. The smallest absolute Gasteiger partial charge is 0.252 e. The summed E-state index contributed by atoms with van der Waals surface area (Å²) in [6, 6.07) is 135. The van der Waals surface area contributed by atoms with Gasteiger partial charge in [-0.3, -0.25) is 0 Å². The minimum Gasteiger partial charge on any atom is -0.355 e. The van der Waals surface area contributed by atoms with Crippen molar-refractivity contribution < 1.29 is 0 Å². The molecule has 0 aromatic heterocycles. The van der Waals surface area contributed by atoms with Crippen molar-refractivity contribution >= 4 is 143 Å². The summed E-state index contributed by atoms with van der Waals surface area (Å²) in [6.07, 6.45) is 9.78. The number of benzene rings is 16. The van der Waals surface area contributed by atoms with Crippen LogP contribution in [-0.2, 0) is 32.5 Å². The van der Waals surface area contributed by atoms with Crippen molar-refractivity contribution in [1.29, 1.82) is 0 Å². The van der Waals surface area contributed by atoms with Gasteiger partial charge in [0.1, 0.15) is 0 Å². The Bertz CT molecular complexity index is 7220. The van der Waals surface area contributed by atoms with Gasteiger partial charge in [-0.15, -0.1) is 0 Å². The number of anilines is 15. The van der Waals surface area contributed by atoms with Gasteiger partial charge in [-0.2, -0.15) is 0 Å². The van der Waals surface area contributed by atoms with E-state index in [2.05, 4.69) is 492 Å². The second kappa shape index (κ2) is 34.4. The van der Waals surface area contributed by atoms with Gasteiger partial charge in [0.05, 0.1) is 16.8 Å². The average Bonchev–Trinajstić information content (AvgIpc) is 1.48. The number of nitrogens with zero attached hydrogens (tertiary/aromatic N) is 5. The first kappa shape index (κ1) is 91.2. The third-order valence-electron chi connectivity index (χ3n) is 32.4. The van der Waals surface area contributed by atoms with Crippen molar-refractivity contribution in [2.75, 3.05) is 29.8 Å². The van der Waals surface area contributed by atoms with Crippen LogP contribution in [-0.4, -0.2) is 24.5 Å². The number of rotatable bonds is 11. The maximum Gasteiger partial charge on any atom is 0.252 e. The summed E-state index contributed by atoms with van der Waals surface area (Å²) in [5.41, 5.74) is 45.0. The van der Waals surface area contributed by atoms with Crippen LogP contribution in [0.25, 0.3) is 44.5 Å². The zero-order valence-electron chi connectivity index (χ0n) is 82.6. The van der Waals surface area contributed by atoms with Crippen LogP contribution >= 0.6 is 11.6 Å². The Morgan fingerprint density at radius 2 is 0.609 bits per heavy atom. The number of halogens is 1. The second-order valence-electron chi connectivity index (χ2n) is 44.9. The molecule has 1 N–H and O–H groups in total. The fourth-order valence-corrected chi connectivity index (χ4v) is 24.9. The fourth-order valence-electron chi connectivity index (χ4n) is 24.7. The van der Waals surface area contributed by atoms with Gasteiger partial charge in [-0.1, -0.05) is 396 Å². The quantitative estimate of drug-likeness (QED) is 0.130. The molecule has 0 bridgehead atoms. The minimum atomic E-state index is -0.111. The van der Waals surface area contributed by atoms with E-state index >= 15 is 0 Å². The van der Waals surface area contributed by atoms with E-state index in [0.717, 1.165) is 39.9 Å². The first-order chi connectivity index (χ1) is 65.8. The molecule has 9 heteroatoms. The molecule has 2 saturated carbocycles. The molecule has 4 atom stereocenters. The van der Waals surface area contributed by atoms with Crippen LogP contribution in [0.5, 0.6) is 0 Å². The largest absolute Gasteiger partial charge is 0.355 e. The van der Waals surface area contributed by atoms with Crippen LogP contribution < -0.4 is 62.6 Å². The Morgan fingerprint density at radius 1 is 0.283 bits per heavy atom. The molecular weight excluding hydrogens is 1690 g/mol. The molecule has 0 spiro atoms. The summed E-state index contributed by atoms with van der Waals surface area (Å²) in [6.45, 7) is 38.4. The zero-order chi connectivity index (χ0) is 94.6.